The van der Waals surface area contributed by atoms with Gasteiger partial charge in [-0.25, -0.2) is 4.79 Å². The molecule has 1 aromatic heterocycles. The van der Waals surface area contributed by atoms with Crippen LogP contribution in [0.4, 0.5) is 5.00 Å². The molecule has 106 valence electrons. The molecule has 0 unspecified atom stereocenters. The molecule has 1 aromatic rings. The fraction of sp³-hybridized carbons (Fsp3) is 0.538. The Hall–Kier alpha value is -1.56. The normalized spacial score (nSPS) is 11.2. The summed E-state index contributed by atoms with van der Waals surface area (Å²) < 4.78 is 5.29. The van der Waals surface area contributed by atoms with Crippen molar-refractivity contribution in [2.45, 2.75) is 40.2 Å². The summed E-state index contributed by atoms with van der Waals surface area (Å²) in [6.07, 6.45) is 0. The van der Waals surface area contributed by atoms with Gasteiger partial charge >= 0.3 is 5.97 Å². The molecule has 5 nitrogen and oxygen atoms in total. The monoisotopic (exact) mass is 284 g/mol. The summed E-state index contributed by atoms with van der Waals surface area (Å²) in [4.78, 5) is 24.4. The van der Waals surface area contributed by atoms with Gasteiger partial charge in [-0.3, -0.25) is 4.79 Å². The number of hydrogen-bond acceptors (Lipinski definition) is 5. The average molecular weight is 284 g/mol. The number of thiophene rings is 1. The minimum Gasteiger partial charge on any atom is -0.456 e. The predicted octanol–water partition coefficient (Wildman–Crippen LogP) is 2.34. The van der Waals surface area contributed by atoms with Gasteiger partial charge in [-0.05, 0) is 40.2 Å². The fourth-order valence-electron chi connectivity index (χ4n) is 1.58. The number of ether oxygens (including phenoxy) is 1. The quantitative estimate of drug-likeness (QED) is 0.835. The number of anilines is 1. The van der Waals surface area contributed by atoms with E-state index in [1.165, 1.54) is 0 Å². The number of rotatable bonds is 3. The SMILES string of the molecule is CCNC(=O)c1sc(N)c(C(=O)OC(C)(C)C)c1C. The highest BCUT2D eigenvalue weighted by Crippen LogP contribution is 2.31. The van der Waals surface area contributed by atoms with Crippen LogP contribution < -0.4 is 11.1 Å². The van der Waals surface area contributed by atoms with Gasteiger partial charge in [0.05, 0.1) is 10.4 Å². The Morgan fingerprint density at radius 1 is 1.37 bits per heavy atom. The van der Waals surface area contributed by atoms with Crippen LogP contribution in [0.2, 0.25) is 0 Å². The van der Waals surface area contributed by atoms with Crippen LogP contribution in [0.3, 0.4) is 0 Å². The zero-order valence-corrected chi connectivity index (χ0v) is 12.7. The highest BCUT2D eigenvalue weighted by Gasteiger charge is 2.26. The molecule has 19 heavy (non-hydrogen) atoms. The van der Waals surface area contributed by atoms with E-state index >= 15 is 0 Å². The highest BCUT2D eigenvalue weighted by molar-refractivity contribution is 7.18. The molecule has 0 saturated heterocycles. The van der Waals surface area contributed by atoms with Crippen molar-refractivity contribution in [3.8, 4) is 0 Å². The van der Waals surface area contributed by atoms with Crippen LogP contribution in [-0.2, 0) is 4.74 Å². The highest BCUT2D eigenvalue weighted by atomic mass is 32.1. The van der Waals surface area contributed by atoms with Crippen molar-refractivity contribution in [1.82, 2.24) is 5.32 Å². The van der Waals surface area contributed by atoms with Gasteiger partial charge in [-0.1, -0.05) is 0 Å². The Morgan fingerprint density at radius 3 is 2.42 bits per heavy atom. The molecule has 0 atom stereocenters. The van der Waals surface area contributed by atoms with Crippen molar-refractivity contribution in [3.05, 3.63) is 16.0 Å². The van der Waals surface area contributed by atoms with Crippen LogP contribution in [0.15, 0.2) is 0 Å². The summed E-state index contributed by atoms with van der Waals surface area (Å²) in [5.74, 6) is -0.708. The van der Waals surface area contributed by atoms with E-state index in [2.05, 4.69) is 5.32 Å². The number of carbonyl (C=O) groups excluding carboxylic acids is 2. The molecular formula is C13H20N2O3S. The Labute approximate surface area is 117 Å². The first-order valence-electron chi connectivity index (χ1n) is 6.07. The molecule has 3 N–H and O–H groups in total. The number of carbonyl (C=O) groups is 2. The average Bonchev–Trinajstić information content (AvgIpc) is 2.52. The van der Waals surface area contributed by atoms with E-state index in [0.717, 1.165) is 11.3 Å². The van der Waals surface area contributed by atoms with E-state index in [4.69, 9.17) is 10.5 Å². The maximum absolute atomic E-state index is 12.1. The van der Waals surface area contributed by atoms with Crippen molar-refractivity contribution < 1.29 is 14.3 Å². The third-order valence-corrected chi connectivity index (χ3v) is 3.44. The molecule has 0 radical (unpaired) electrons. The van der Waals surface area contributed by atoms with Gasteiger partial charge in [0, 0.05) is 6.54 Å². The predicted molar refractivity (Wildman–Crippen MR) is 76.6 cm³/mol. The summed E-state index contributed by atoms with van der Waals surface area (Å²) in [6, 6.07) is 0. The standard InChI is InChI=1S/C13H20N2O3S/c1-6-15-11(16)9-7(2)8(10(14)19-9)12(17)18-13(3,4)5/h6,14H2,1-5H3,(H,15,16). The number of hydrogen-bond donors (Lipinski definition) is 2. The molecule has 0 aliphatic rings. The first-order valence-corrected chi connectivity index (χ1v) is 6.89. The van der Waals surface area contributed by atoms with Crippen molar-refractivity contribution in [2.75, 3.05) is 12.3 Å². The summed E-state index contributed by atoms with van der Waals surface area (Å²) >= 11 is 1.11. The second kappa shape index (κ2) is 5.61. The molecule has 6 heteroatoms. The van der Waals surface area contributed by atoms with Gasteiger partial charge in [-0.15, -0.1) is 11.3 Å². The van der Waals surface area contributed by atoms with Crippen LogP contribution in [0.1, 0.15) is 53.3 Å². The molecule has 0 aliphatic heterocycles. The Kier molecular flexibility index (Phi) is 4.57. The second-order valence-corrected chi connectivity index (χ2v) is 6.21. The topological polar surface area (TPSA) is 81.4 Å². The van der Waals surface area contributed by atoms with E-state index in [1.807, 2.05) is 6.92 Å². The second-order valence-electron chi connectivity index (χ2n) is 5.16. The molecule has 1 rings (SSSR count). The summed E-state index contributed by atoms with van der Waals surface area (Å²) in [6.45, 7) is 9.42. The number of amides is 1. The molecule has 0 aromatic carbocycles. The first-order chi connectivity index (χ1) is 8.67. The zero-order valence-electron chi connectivity index (χ0n) is 11.9. The van der Waals surface area contributed by atoms with Gasteiger partial charge in [-0.2, -0.15) is 0 Å². The van der Waals surface area contributed by atoms with Crippen molar-refractivity contribution in [2.24, 2.45) is 0 Å². The van der Waals surface area contributed by atoms with Crippen molar-refractivity contribution >= 4 is 28.2 Å². The van der Waals surface area contributed by atoms with Crippen molar-refractivity contribution in [1.29, 1.82) is 0 Å². The van der Waals surface area contributed by atoms with E-state index in [9.17, 15) is 9.59 Å². The molecule has 0 bridgehead atoms. The Balaban J connectivity index is 3.10. The summed E-state index contributed by atoms with van der Waals surface area (Å²) in [7, 11) is 0. The van der Waals surface area contributed by atoms with Gasteiger partial charge in [0.1, 0.15) is 10.6 Å². The third-order valence-electron chi connectivity index (χ3n) is 2.32. The lowest BCUT2D eigenvalue weighted by Crippen LogP contribution is -2.25. The van der Waals surface area contributed by atoms with Crippen LogP contribution in [0.5, 0.6) is 0 Å². The lowest BCUT2D eigenvalue weighted by atomic mass is 10.1. The molecule has 1 heterocycles. The molecule has 0 aliphatic carbocycles. The van der Waals surface area contributed by atoms with E-state index in [0.29, 0.717) is 27.5 Å². The number of nitrogens with one attached hydrogen (secondary N) is 1. The van der Waals surface area contributed by atoms with Crippen molar-refractivity contribution in [3.63, 3.8) is 0 Å². The zero-order chi connectivity index (χ0) is 14.8. The fourth-order valence-corrected chi connectivity index (χ4v) is 2.55. The molecular weight excluding hydrogens is 264 g/mol. The number of nitrogen functional groups attached to an aromatic ring is 1. The molecule has 0 spiro atoms. The van der Waals surface area contributed by atoms with Crippen LogP contribution in [0.25, 0.3) is 0 Å². The molecule has 0 fully saturated rings. The Bertz CT molecular complexity index is 501. The van der Waals surface area contributed by atoms with Crippen LogP contribution in [-0.4, -0.2) is 24.0 Å². The maximum Gasteiger partial charge on any atom is 0.341 e. The van der Waals surface area contributed by atoms with E-state index in [1.54, 1.807) is 27.7 Å². The van der Waals surface area contributed by atoms with Gasteiger partial charge in [0.15, 0.2) is 0 Å². The van der Waals surface area contributed by atoms with E-state index < -0.39 is 11.6 Å². The third kappa shape index (κ3) is 3.70. The molecule has 1 amide bonds. The van der Waals surface area contributed by atoms with Crippen LogP contribution >= 0.6 is 11.3 Å². The van der Waals surface area contributed by atoms with Gasteiger partial charge in [0.2, 0.25) is 0 Å². The van der Waals surface area contributed by atoms with Gasteiger partial charge in [0.25, 0.3) is 5.91 Å². The minimum absolute atomic E-state index is 0.216. The van der Waals surface area contributed by atoms with E-state index in [-0.39, 0.29) is 5.91 Å². The maximum atomic E-state index is 12.1. The molecule has 0 saturated carbocycles. The Morgan fingerprint density at radius 2 is 1.95 bits per heavy atom. The first kappa shape index (κ1) is 15.5. The largest absolute Gasteiger partial charge is 0.456 e. The lowest BCUT2D eigenvalue weighted by Gasteiger charge is -2.19. The number of nitrogens with two attached hydrogens (primary N) is 1. The minimum atomic E-state index is -0.594. The summed E-state index contributed by atoms with van der Waals surface area (Å²) in [5.41, 5.74) is 6.10. The number of esters is 1. The van der Waals surface area contributed by atoms with Crippen LogP contribution in [0, 0.1) is 6.92 Å². The lowest BCUT2D eigenvalue weighted by molar-refractivity contribution is 0.00706. The van der Waals surface area contributed by atoms with Gasteiger partial charge < -0.3 is 15.8 Å². The summed E-state index contributed by atoms with van der Waals surface area (Å²) in [5, 5.41) is 3.01. The smallest absolute Gasteiger partial charge is 0.341 e.